The van der Waals surface area contributed by atoms with Crippen LogP contribution in [-0.4, -0.2) is 18.2 Å². The fourth-order valence-corrected chi connectivity index (χ4v) is 1.30. The molecule has 0 spiro atoms. The molecule has 0 unspecified atom stereocenters. The SMILES string of the molecule is CC=C(C(=O)OC)c1ccc(CO)cc1. The standard InChI is InChI=1S/C12H14O3/c1-3-11(12(14)15-2)10-6-4-9(8-13)5-7-10/h3-7,13H,8H2,1-2H3. The summed E-state index contributed by atoms with van der Waals surface area (Å²) in [6.07, 6.45) is 1.71. The molecule has 0 amide bonds. The van der Waals surface area contributed by atoms with Crippen LogP contribution in [0.4, 0.5) is 0 Å². The van der Waals surface area contributed by atoms with Crippen LogP contribution in [0, 0.1) is 0 Å². The van der Waals surface area contributed by atoms with E-state index in [1.54, 1.807) is 37.3 Å². The third-order valence-corrected chi connectivity index (χ3v) is 2.14. The van der Waals surface area contributed by atoms with Crippen LogP contribution in [0.1, 0.15) is 18.1 Å². The molecule has 1 N–H and O–H groups in total. The van der Waals surface area contributed by atoms with Gasteiger partial charge in [0.05, 0.1) is 19.3 Å². The van der Waals surface area contributed by atoms with Crippen molar-refractivity contribution in [1.82, 2.24) is 0 Å². The van der Waals surface area contributed by atoms with Gasteiger partial charge in [0.2, 0.25) is 0 Å². The second-order valence-electron chi connectivity index (χ2n) is 3.05. The first-order valence-electron chi connectivity index (χ1n) is 4.67. The molecule has 3 heteroatoms. The molecule has 0 aliphatic rings. The van der Waals surface area contributed by atoms with Crippen LogP contribution in [0.2, 0.25) is 0 Å². The van der Waals surface area contributed by atoms with Gasteiger partial charge in [-0.3, -0.25) is 0 Å². The Morgan fingerprint density at radius 3 is 2.40 bits per heavy atom. The van der Waals surface area contributed by atoms with E-state index in [1.807, 2.05) is 0 Å². The highest BCUT2D eigenvalue weighted by Crippen LogP contribution is 2.16. The molecular weight excluding hydrogens is 192 g/mol. The maximum atomic E-state index is 11.4. The van der Waals surface area contributed by atoms with Gasteiger partial charge in [-0.25, -0.2) is 4.79 Å². The molecule has 80 valence electrons. The minimum Gasteiger partial charge on any atom is -0.465 e. The molecule has 0 aromatic heterocycles. The minimum atomic E-state index is -0.353. The number of ether oxygens (including phenoxy) is 1. The van der Waals surface area contributed by atoms with Gasteiger partial charge in [-0.2, -0.15) is 0 Å². The lowest BCUT2D eigenvalue weighted by atomic mass is 10.0. The molecule has 0 fully saturated rings. The summed E-state index contributed by atoms with van der Waals surface area (Å²) in [4.78, 5) is 11.4. The summed E-state index contributed by atoms with van der Waals surface area (Å²) in [5.74, 6) is -0.353. The van der Waals surface area contributed by atoms with E-state index in [0.717, 1.165) is 11.1 Å². The van der Waals surface area contributed by atoms with Crippen molar-refractivity contribution >= 4 is 11.5 Å². The largest absolute Gasteiger partial charge is 0.465 e. The average molecular weight is 206 g/mol. The van der Waals surface area contributed by atoms with E-state index in [9.17, 15) is 4.79 Å². The number of hydrogen-bond donors (Lipinski definition) is 1. The molecule has 0 atom stereocenters. The molecule has 0 saturated heterocycles. The second kappa shape index (κ2) is 5.32. The smallest absolute Gasteiger partial charge is 0.338 e. The lowest BCUT2D eigenvalue weighted by Crippen LogP contribution is -2.03. The van der Waals surface area contributed by atoms with Crippen molar-refractivity contribution in [1.29, 1.82) is 0 Å². The first-order valence-corrected chi connectivity index (χ1v) is 4.67. The Kier molecular flexibility index (Phi) is 4.06. The molecule has 1 aromatic carbocycles. The molecule has 0 bridgehead atoms. The van der Waals surface area contributed by atoms with Crippen molar-refractivity contribution in [2.24, 2.45) is 0 Å². The molecule has 1 aromatic rings. The first kappa shape index (κ1) is 11.5. The van der Waals surface area contributed by atoms with Crippen molar-refractivity contribution in [3.63, 3.8) is 0 Å². The lowest BCUT2D eigenvalue weighted by molar-refractivity contribution is -0.133. The number of aliphatic hydroxyl groups is 1. The highest BCUT2D eigenvalue weighted by atomic mass is 16.5. The van der Waals surface area contributed by atoms with Crippen LogP contribution in [0.5, 0.6) is 0 Å². The molecular formula is C12H14O3. The number of hydrogen-bond acceptors (Lipinski definition) is 3. The number of esters is 1. The minimum absolute atomic E-state index is 0.00365. The number of benzene rings is 1. The zero-order chi connectivity index (χ0) is 11.3. The summed E-state index contributed by atoms with van der Waals surface area (Å²) in [5.41, 5.74) is 2.14. The van der Waals surface area contributed by atoms with Gasteiger partial charge in [0, 0.05) is 0 Å². The first-order chi connectivity index (χ1) is 7.22. The third-order valence-electron chi connectivity index (χ3n) is 2.14. The van der Waals surface area contributed by atoms with Crippen LogP contribution in [0.15, 0.2) is 30.3 Å². The van der Waals surface area contributed by atoms with E-state index >= 15 is 0 Å². The summed E-state index contributed by atoms with van der Waals surface area (Å²) >= 11 is 0. The van der Waals surface area contributed by atoms with Crippen molar-refractivity contribution in [3.05, 3.63) is 41.5 Å². The van der Waals surface area contributed by atoms with E-state index in [2.05, 4.69) is 4.74 Å². The molecule has 0 heterocycles. The summed E-state index contributed by atoms with van der Waals surface area (Å²) in [6.45, 7) is 1.79. The van der Waals surface area contributed by atoms with E-state index in [-0.39, 0.29) is 12.6 Å². The Labute approximate surface area is 89.0 Å². The predicted molar refractivity (Wildman–Crippen MR) is 58.0 cm³/mol. The summed E-state index contributed by atoms with van der Waals surface area (Å²) in [5, 5.41) is 8.87. The van der Waals surface area contributed by atoms with Crippen molar-refractivity contribution in [2.75, 3.05) is 7.11 Å². The number of methoxy groups -OCH3 is 1. The van der Waals surface area contributed by atoms with Crippen molar-refractivity contribution in [3.8, 4) is 0 Å². The number of allylic oxidation sites excluding steroid dienone is 1. The zero-order valence-corrected chi connectivity index (χ0v) is 8.86. The molecule has 0 aliphatic heterocycles. The second-order valence-corrected chi connectivity index (χ2v) is 3.05. The fraction of sp³-hybridized carbons (Fsp3) is 0.250. The number of aliphatic hydroxyl groups excluding tert-OH is 1. The van der Waals surface area contributed by atoms with Gasteiger partial charge in [-0.15, -0.1) is 0 Å². The molecule has 15 heavy (non-hydrogen) atoms. The Morgan fingerprint density at radius 2 is 2.00 bits per heavy atom. The average Bonchev–Trinajstić information content (AvgIpc) is 2.30. The molecule has 3 nitrogen and oxygen atoms in total. The molecule has 0 aliphatic carbocycles. The summed E-state index contributed by atoms with van der Waals surface area (Å²) in [7, 11) is 1.36. The Hall–Kier alpha value is -1.61. The maximum Gasteiger partial charge on any atom is 0.338 e. The molecule has 0 saturated carbocycles. The van der Waals surface area contributed by atoms with Crippen LogP contribution in [0.3, 0.4) is 0 Å². The van der Waals surface area contributed by atoms with Gasteiger partial charge in [-0.05, 0) is 18.1 Å². The van der Waals surface area contributed by atoms with Gasteiger partial charge in [0.1, 0.15) is 0 Å². The van der Waals surface area contributed by atoms with Gasteiger partial charge < -0.3 is 9.84 Å². The van der Waals surface area contributed by atoms with Crippen molar-refractivity contribution < 1.29 is 14.6 Å². The third kappa shape index (κ3) is 2.67. The normalized spacial score (nSPS) is 11.3. The fourth-order valence-electron chi connectivity index (χ4n) is 1.30. The van der Waals surface area contributed by atoms with Gasteiger partial charge in [0.15, 0.2) is 0 Å². The quantitative estimate of drug-likeness (QED) is 0.605. The van der Waals surface area contributed by atoms with Crippen LogP contribution >= 0.6 is 0 Å². The maximum absolute atomic E-state index is 11.4. The van der Waals surface area contributed by atoms with Crippen molar-refractivity contribution in [2.45, 2.75) is 13.5 Å². The highest BCUT2D eigenvalue weighted by Gasteiger charge is 2.10. The van der Waals surface area contributed by atoms with E-state index in [4.69, 9.17) is 5.11 Å². The Bertz CT molecular complexity index is 363. The summed E-state index contributed by atoms with van der Waals surface area (Å²) in [6, 6.07) is 7.14. The molecule has 0 radical (unpaired) electrons. The Morgan fingerprint density at radius 1 is 1.40 bits per heavy atom. The zero-order valence-electron chi connectivity index (χ0n) is 8.86. The number of carbonyl (C=O) groups is 1. The van der Waals surface area contributed by atoms with E-state index in [1.165, 1.54) is 7.11 Å². The highest BCUT2D eigenvalue weighted by molar-refractivity contribution is 6.16. The summed E-state index contributed by atoms with van der Waals surface area (Å²) < 4.78 is 4.66. The lowest BCUT2D eigenvalue weighted by Gasteiger charge is -2.05. The van der Waals surface area contributed by atoms with E-state index in [0.29, 0.717) is 5.57 Å². The van der Waals surface area contributed by atoms with Crippen LogP contribution in [0.25, 0.3) is 5.57 Å². The van der Waals surface area contributed by atoms with Crippen LogP contribution in [-0.2, 0) is 16.1 Å². The van der Waals surface area contributed by atoms with Gasteiger partial charge >= 0.3 is 5.97 Å². The monoisotopic (exact) mass is 206 g/mol. The van der Waals surface area contributed by atoms with Crippen LogP contribution < -0.4 is 0 Å². The van der Waals surface area contributed by atoms with Gasteiger partial charge in [-0.1, -0.05) is 30.3 Å². The molecule has 1 rings (SSSR count). The number of carbonyl (C=O) groups excluding carboxylic acids is 1. The predicted octanol–water partition coefficient (Wildman–Crippen LogP) is 1.76. The van der Waals surface area contributed by atoms with Gasteiger partial charge in [0.25, 0.3) is 0 Å². The van der Waals surface area contributed by atoms with E-state index < -0.39 is 0 Å². The number of rotatable bonds is 3. The topological polar surface area (TPSA) is 46.5 Å². The Balaban J connectivity index is 2.99.